The topological polar surface area (TPSA) is 276 Å². The van der Waals surface area contributed by atoms with E-state index in [1.165, 1.54) is 0 Å². The lowest BCUT2D eigenvalue weighted by Gasteiger charge is -2.19. The van der Waals surface area contributed by atoms with Gasteiger partial charge in [0.2, 0.25) is 11.8 Å². The Hall–Kier alpha value is -2.35. The van der Waals surface area contributed by atoms with Crippen LogP contribution in [-0.2, 0) is 66.4 Å². The zero-order valence-corrected chi connectivity index (χ0v) is 40.6. The first-order valence-corrected chi connectivity index (χ1v) is 23.1. The fourth-order valence-corrected chi connectivity index (χ4v) is 4.45. The Morgan fingerprint density at radius 2 is 0.828 bits per heavy atom. The van der Waals surface area contributed by atoms with Crippen molar-refractivity contribution in [1.82, 2.24) is 16.0 Å². The SMILES string of the molecule is CC.CCCCNC(=O)OC(C)(C)C.NCCCCC(NC(=O)CN)C(=O)NCCOCCOCCOCCOCCOCCOCCOCCOCCOCCOCCOCCN. The average molecular weight is 933 g/mol. The van der Waals surface area contributed by atoms with E-state index in [2.05, 4.69) is 22.9 Å². The summed E-state index contributed by atoms with van der Waals surface area (Å²) < 4.78 is 64.8. The van der Waals surface area contributed by atoms with Gasteiger partial charge in [-0.05, 0) is 53.0 Å². The summed E-state index contributed by atoms with van der Waals surface area (Å²) in [5, 5.41) is 8.07. The maximum atomic E-state index is 12.3. The summed E-state index contributed by atoms with van der Waals surface area (Å²) in [5.41, 5.74) is 15.8. The number of amides is 3. The number of nitrogens with one attached hydrogen (secondary N) is 3. The molecule has 9 N–H and O–H groups in total. The summed E-state index contributed by atoms with van der Waals surface area (Å²) in [4.78, 5) is 34.9. The predicted molar refractivity (Wildman–Crippen MR) is 245 cm³/mol. The van der Waals surface area contributed by atoms with Crippen LogP contribution < -0.4 is 33.2 Å². The predicted octanol–water partition coefficient (Wildman–Crippen LogP) is 1.15. The molecule has 0 fully saturated rings. The van der Waals surface area contributed by atoms with E-state index in [0.29, 0.717) is 178 Å². The fraction of sp³-hybridized carbons (Fsp3) is 0.930. The van der Waals surface area contributed by atoms with Crippen molar-refractivity contribution in [1.29, 1.82) is 0 Å². The van der Waals surface area contributed by atoms with Crippen LogP contribution in [0.2, 0.25) is 0 Å². The van der Waals surface area contributed by atoms with Gasteiger partial charge in [-0.15, -0.1) is 0 Å². The van der Waals surface area contributed by atoms with Crippen molar-refractivity contribution < 1.29 is 71.2 Å². The maximum Gasteiger partial charge on any atom is 0.407 e. The highest BCUT2D eigenvalue weighted by molar-refractivity contribution is 5.88. The van der Waals surface area contributed by atoms with E-state index in [4.69, 9.17) is 74.0 Å². The second-order valence-corrected chi connectivity index (χ2v) is 14.2. The molecule has 0 aromatic carbocycles. The van der Waals surface area contributed by atoms with E-state index in [0.717, 1.165) is 25.7 Å². The number of nitrogens with two attached hydrogens (primary N) is 3. The van der Waals surface area contributed by atoms with Gasteiger partial charge in [0.05, 0.1) is 152 Å². The first-order chi connectivity index (χ1) is 31.1. The summed E-state index contributed by atoms with van der Waals surface area (Å²) >= 11 is 0. The molecule has 0 radical (unpaired) electrons. The average Bonchev–Trinajstić information content (AvgIpc) is 3.27. The third-order valence-corrected chi connectivity index (χ3v) is 7.51. The molecule has 0 aromatic rings. The van der Waals surface area contributed by atoms with Crippen LogP contribution in [-0.4, -0.2) is 208 Å². The van der Waals surface area contributed by atoms with Crippen LogP contribution in [0.5, 0.6) is 0 Å². The normalized spacial score (nSPS) is 11.5. The molecule has 0 heterocycles. The molecule has 0 bridgehead atoms. The van der Waals surface area contributed by atoms with E-state index in [1.54, 1.807) is 0 Å². The van der Waals surface area contributed by atoms with E-state index >= 15 is 0 Å². The van der Waals surface area contributed by atoms with Crippen molar-refractivity contribution in [2.24, 2.45) is 17.2 Å². The van der Waals surface area contributed by atoms with Gasteiger partial charge in [0.25, 0.3) is 0 Å². The Kier molecular flexibility index (Phi) is 56.6. The van der Waals surface area contributed by atoms with Crippen LogP contribution in [0.4, 0.5) is 4.79 Å². The molecule has 1 unspecified atom stereocenters. The van der Waals surface area contributed by atoms with Gasteiger partial charge in [-0.25, -0.2) is 4.79 Å². The molecule has 0 saturated carbocycles. The van der Waals surface area contributed by atoms with Crippen molar-refractivity contribution >= 4 is 17.9 Å². The minimum atomic E-state index is -0.631. The van der Waals surface area contributed by atoms with Gasteiger partial charge in [0.15, 0.2) is 0 Å². The number of ether oxygens (including phenoxy) is 12. The van der Waals surface area contributed by atoms with Crippen molar-refractivity contribution in [3.63, 3.8) is 0 Å². The van der Waals surface area contributed by atoms with Gasteiger partial charge in [0.1, 0.15) is 11.6 Å². The molecule has 21 nitrogen and oxygen atoms in total. The summed E-state index contributed by atoms with van der Waals surface area (Å²) in [6.45, 7) is 24.1. The number of carbonyl (C=O) groups excluding carboxylic acids is 3. The van der Waals surface area contributed by atoms with Crippen LogP contribution in [0.3, 0.4) is 0 Å². The summed E-state index contributed by atoms with van der Waals surface area (Å²) in [7, 11) is 0. The fourth-order valence-electron chi connectivity index (χ4n) is 4.45. The van der Waals surface area contributed by atoms with E-state index < -0.39 is 11.6 Å². The number of carbonyl (C=O) groups is 3. The molecule has 0 aliphatic carbocycles. The second kappa shape index (κ2) is 55.0. The highest BCUT2D eigenvalue weighted by atomic mass is 16.6. The van der Waals surface area contributed by atoms with Gasteiger partial charge in [-0.2, -0.15) is 0 Å². The highest BCUT2D eigenvalue weighted by Gasteiger charge is 2.19. The lowest BCUT2D eigenvalue weighted by molar-refractivity contribution is -0.128. The number of hydrogen-bond donors (Lipinski definition) is 6. The second-order valence-electron chi connectivity index (χ2n) is 14.2. The summed E-state index contributed by atoms with van der Waals surface area (Å²) in [5.74, 6) is -0.639. The van der Waals surface area contributed by atoms with Crippen molar-refractivity contribution in [3.8, 4) is 0 Å². The minimum Gasteiger partial charge on any atom is -0.444 e. The Morgan fingerprint density at radius 3 is 1.14 bits per heavy atom. The number of alkyl carbamates (subject to hydrolysis) is 1. The summed E-state index contributed by atoms with van der Waals surface area (Å²) in [6.07, 6.45) is 3.77. The van der Waals surface area contributed by atoms with Gasteiger partial charge < -0.3 is 90.0 Å². The third-order valence-electron chi connectivity index (χ3n) is 7.51. The van der Waals surface area contributed by atoms with E-state index in [1.807, 2.05) is 34.6 Å². The van der Waals surface area contributed by atoms with Crippen LogP contribution in [0.25, 0.3) is 0 Å². The minimum absolute atomic E-state index is 0.169. The molecule has 0 aromatic heterocycles. The molecular weight excluding hydrogens is 840 g/mol. The smallest absolute Gasteiger partial charge is 0.407 e. The molecule has 21 heteroatoms. The van der Waals surface area contributed by atoms with Crippen LogP contribution in [0.15, 0.2) is 0 Å². The largest absolute Gasteiger partial charge is 0.444 e. The quantitative estimate of drug-likeness (QED) is 0.0468. The van der Waals surface area contributed by atoms with Gasteiger partial charge in [-0.3, -0.25) is 9.59 Å². The maximum absolute atomic E-state index is 12.3. The highest BCUT2D eigenvalue weighted by Crippen LogP contribution is 2.06. The van der Waals surface area contributed by atoms with Gasteiger partial charge >= 0.3 is 6.09 Å². The monoisotopic (exact) mass is 933 g/mol. The molecule has 1 atom stereocenters. The molecule has 0 aliphatic heterocycles. The van der Waals surface area contributed by atoms with Gasteiger partial charge in [0, 0.05) is 19.6 Å². The number of hydrogen-bond acceptors (Lipinski definition) is 18. The molecule has 0 rings (SSSR count). The molecular formula is C43H92N6O15. The molecule has 3 amide bonds. The van der Waals surface area contributed by atoms with E-state index in [9.17, 15) is 14.4 Å². The van der Waals surface area contributed by atoms with Gasteiger partial charge in [-0.1, -0.05) is 27.2 Å². The molecule has 64 heavy (non-hydrogen) atoms. The molecule has 384 valence electrons. The zero-order chi connectivity index (χ0) is 48.0. The van der Waals surface area contributed by atoms with Crippen LogP contribution in [0.1, 0.15) is 73.6 Å². The van der Waals surface area contributed by atoms with E-state index in [-0.39, 0.29) is 24.5 Å². The number of unbranched alkanes of at least 4 members (excludes halogenated alkanes) is 2. The van der Waals surface area contributed by atoms with Crippen molar-refractivity contribution in [2.75, 3.05) is 178 Å². The first-order valence-electron chi connectivity index (χ1n) is 23.1. The number of rotatable bonds is 45. The van der Waals surface area contributed by atoms with Crippen molar-refractivity contribution in [3.05, 3.63) is 0 Å². The standard InChI is InChI=1S/C32H67N5O13.C9H19NO2.C2H6/c33-4-2-1-3-30(37-31(38)29-35)32(39)36-6-8-41-10-12-43-14-16-45-18-20-47-22-24-49-26-28-50-27-25-48-23-21-46-19-17-44-15-13-42-11-9-40-7-5-34;1-5-6-7-10-8(11)12-9(2,3)4;1-2/h30H,1-29,33-35H2,(H,36,39)(H,37,38);5-7H2,1-4H3,(H,10,11);1-2H3. The molecule has 0 aliphatic rings. The van der Waals surface area contributed by atoms with Crippen LogP contribution >= 0.6 is 0 Å². The van der Waals surface area contributed by atoms with Crippen molar-refractivity contribution in [2.45, 2.75) is 85.3 Å². The Labute approximate surface area is 385 Å². The Balaban J connectivity index is -0.00000227. The Bertz CT molecular complexity index is 974. The lowest BCUT2D eigenvalue weighted by Crippen LogP contribution is -2.49. The van der Waals surface area contributed by atoms with Crippen LogP contribution in [0, 0.1) is 0 Å². The third kappa shape index (κ3) is 57.7. The Morgan fingerprint density at radius 1 is 0.469 bits per heavy atom. The molecule has 0 saturated heterocycles. The first kappa shape index (κ1) is 65.9. The lowest BCUT2D eigenvalue weighted by atomic mass is 10.1. The summed E-state index contributed by atoms with van der Waals surface area (Å²) in [6, 6.07) is -0.631. The zero-order valence-electron chi connectivity index (χ0n) is 40.6. The molecule has 0 spiro atoms.